The number of carbonyl (C=O) groups excluding carboxylic acids is 3. The number of hydrogen-bond donors (Lipinski definition) is 2. The van der Waals surface area contributed by atoms with Crippen molar-refractivity contribution in [3.8, 4) is 0 Å². The Morgan fingerprint density at radius 3 is 2.21 bits per heavy atom. The fourth-order valence-corrected chi connectivity index (χ4v) is 4.28. The number of amides is 2. The summed E-state index contributed by atoms with van der Waals surface area (Å²) in [6.45, 7) is 10.2. The summed E-state index contributed by atoms with van der Waals surface area (Å²) in [6, 6.07) is 6.84. The van der Waals surface area contributed by atoms with Gasteiger partial charge in [-0.15, -0.1) is 0 Å². The van der Waals surface area contributed by atoms with E-state index in [4.69, 9.17) is 5.73 Å². The second kappa shape index (κ2) is 7.44. The first-order valence-electron chi connectivity index (χ1n) is 10.2. The molecule has 1 saturated carbocycles. The maximum atomic E-state index is 13.4. The molecule has 7 heteroatoms. The summed E-state index contributed by atoms with van der Waals surface area (Å²) in [6.07, 6.45) is 0. The number of carbonyl (C=O) groups is 3. The van der Waals surface area contributed by atoms with Crippen molar-refractivity contribution in [2.24, 2.45) is 17.3 Å². The molecule has 158 valence electrons. The predicted octanol–water partition coefficient (Wildman–Crippen LogP) is 1.39. The van der Waals surface area contributed by atoms with E-state index in [1.807, 2.05) is 27.8 Å². The van der Waals surface area contributed by atoms with Crippen molar-refractivity contribution in [1.29, 1.82) is 0 Å². The van der Waals surface area contributed by atoms with Gasteiger partial charge in [-0.3, -0.25) is 14.4 Å². The van der Waals surface area contributed by atoms with Gasteiger partial charge in [-0.2, -0.15) is 0 Å². The first-order valence-corrected chi connectivity index (χ1v) is 10.2. The second-order valence-corrected chi connectivity index (χ2v) is 9.52. The van der Waals surface area contributed by atoms with Crippen LogP contribution in [-0.2, 0) is 9.59 Å². The fraction of sp³-hybridized carbons (Fsp3) is 0.591. The number of piperazine rings is 1. The molecule has 3 atom stereocenters. The van der Waals surface area contributed by atoms with Crippen LogP contribution in [0.25, 0.3) is 0 Å². The first kappa shape index (κ1) is 21.3. The van der Waals surface area contributed by atoms with E-state index in [0.717, 1.165) is 13.1 Å². The van der Waals surface area contributed by atoms with Gasteiger partial charge in [0.25, 0.3) is 0 Å². The lowest BCUT2D eigenvalue weighted by Gasteiger charge is -2.33. The minimum atomic E-state index is -1.09. The van der Waals surface area contributed by atoms with Gasteiger partial charge in [-0.1, -0.05) is 19.1 Å². The van der Waals surface area contributed by atoms with E-state index in [1.165, 1.54) is 0 Å². The Bertz CT molecular complexity index is 824. The number of benzene rings is 1. The number of likely N-dealkylation sites (N-methyl/N-ethyl adjacent to an activating group) is 1. The Morgan fingerprint density at radius 1 is 1.07 bits per heavy atom. The summed E-state index contributed by atoms with van der Waals surface area (Å²) < 4.78 is 0. The van der Waals surface area contributed by atoms with Crippen molar-refractivity contribution in [3.63, 3.8) is 0 Å². The molecule has 2 amide bonds. The number of para-hydroxylation sites is 1. The molecule has 0 radical (unpaired) electrons. The summed E-state index contributed by atoms with van der Waals surface area (Å²) in [4.78, 5) is 43.8. The van der Waals surface area contributed by atoms with E-state index >= 15 is 0 Å². The molecule has 0 unspecified atom stereocenters. The number of Topliss-reactive ketones (excluding diaryl/α,β-unsaturated/α-hetero) is 1. The van der Waals surface area contributed by atoms with E-state index in [-0.39, 0.29) is 17.6 Å². The Balaban J connectivity index is 1.91. The average molecular weight is 401 g/mol. The molecule has 1 saturated heterocycles. The van der Waals surface area contributed by atoms with Gasteiger partial charge >= 0.3 is 0 Å². The van der Waals surface area contributed by atoms with E-state index in [1.54, 1.807) is 36.1 Å². The minimum Gasteiger partial charge on any atom is -0.398 e. The molecule has 7 nitrogen and oxygen atoms in total. The zero-order valence-electron chi connectivity index (χ0n) is 18.0. The van der Waals surface area contributed by atoms with Crippen LogP contribution in [0.1, 0.15) is 38.1 Å². The van der Waals surface area contributed by atoms with Gasteiger partial charge in [0.2, 0.25) is 11.8 Å². The number of ketones is 1. The number of nitrogens with two attached hydrogens (primary N) is 1. The van der Waals surface area contributed by atoms with Gasteiger partial charge in [0.05, 0.1) is 17.3 Å². The smallest absolute Gasteiger partial charge is 0.227 e. The van der Waals surface area contributed by atoms with Crippen LogP contribution in [0, 0.1) is 17.3 Å². The third kappa shape index (κ3) is 4.01. The maximum Gasteiger partial charge on any atom is 0.227 e. The van der Waals surface area contributed by atoms with E-state index in [2.05, 4.69) is 10.2 Å². The lowest BCUT2D eigenvalue weighted by molar-refractivity contribution is -0.136. The predicted molar refractivity (Wildman–Crippen MR) is 112 cm³/mol. The number of nitrogens with zero attached hydrogens (tertiary/aromatic N) is 2. The quantitative estimate of drug-likeness (QED) is 0.588. The Morgan fingerprint density at radius 2 is 1.66 bits per heavy atom. The highest BCUT2D eigenvalue weighted by Crippen LogP contribution is 2.61. The fourth-order valence-electron chi connectivity index (χ4n) is 4.28. The summed E-state index contributed by atoms with van der Waals surface area (Å²) in [5, 5.41) is 2.95. The van der Waals surface area contributed by atoms with E-state index < -0.39 is 22.8 Å². The molecule has 3 N–H and O–H groups in total. The highest BCUT2D eigenvalue weighted by atomic mass is 16.2. The van der Waals surface area contributed by atoms with Crippen molar-refractivity contribution < 1.29 is 14.4 Å². The zero-order valence-corrected chi connectivity index (χ0v) is 18.0. The number of hydrogen-bond acceptors (Lipinski definition) is 5. The summed E-state index contributed by atoms with van der Waals surface area (Å²) in [5.74, 6) is -1.97. The Kier molecular flexibility index (Phi) is 5.47. The third-order valence-corrected chi connectivity index (χ3v) is 6.07. The number of anilines is 1. The highest BCUT2D eigenvalue weighted by Gasteiger charge is 2.73. The van der Waals surface area contributed by atoms with Gasteiger partial charge in [0.15, 0.2) is 5.78 Å². The molecule has 1 heterocycles. The standard InChI is InChI=1S/C22H32N4O3/c1-21(2,3)24-19(28)16-17(20(29)26-12-10-25(5)11-13-26)22(16,4)18(27)14-8-6-7-9-15(14)23/h6-9,16-17H,10-13,23H2,1-5H3,(H,24,28)/t16-,17+,22+/m1/s1. The van der Waals surface area contributed by atoms with E-state index in [9.17, 15) is 14.4 Å². The van der Waals surface area contributed by atoms with Crippen LogP contribution in [0.4, 0.5) is 5.69 Å². The molecule has 2 fully saturated rings. The lowest BCUT2D eigenvalue weighted by Crippen LogP contribution is -2.48. The molecule has 29 heavy (non-hydrogen) atoms. The normalized spacial score (nSPS) is 27.4. The monoisotopic (exact) mass is 400 g/mol. The van der Waals surface area contributed by atoms with Crippen molar-refractivity contribution in [2.75, 3.05) is 39.0 Å². The first-order chi connectivity index (χ1) is 13.5. The molecule has 0 aromatic heterocycles. The number of nitrogens with one attached hydrogen (secondary N) is 1. The summed E-state index contributed by atoms with van der Waals surface area (Å²) in [5.41, 5.74) is 5.23. The molecule has 1 aromatic carbocycles. The molecule has 3 rings (SSSR count). The average Bonchev–Trinajstić information content (AvgIpc) is 3.27. The Hall–Kier alpha value is -2.41. The maximum absolute atomic E-state index is 13.4. The molecule has 0 spiro atoms. The van der Waals surface area contributed by atoms with Gasteiger partial charge in [-0.25, -0.2) is 0 Å². The second-order valence-electron chi connectivity index (χ2n) is 9.52. The number of rotatable bonds is 4. The van der Waals surface area contributed by atoms with Gasteiger partial charge in [0, 0.05) is 43.0 Å². The van der Waals surface area contributed by atoms with Gasteiger partial charge in [-0.05, 0) is 40.0 Å². The molecular formula is C22H32N4O3. The van der Waals surface area contributed by atoms with Gasteiger partial charge < -0.3 is 20.9 Å². The largest absolute Gasteiger partial charge is 0.398 e. The van der Waals surface area contributed by atoms with Crippen LogP contribution in [-0.4, -0.2) is 66.2 Å². The minimum absolute atomic E-state index is 0.113. The van der Waals surface area contributed by atoms with Crippen molar-refractivity contribution in [2.45, 2.75) is 33.2 Å². The van der Waals surface area contributed by atoms with Crippen LogP contribution in [0.3, 0.4) is 0 Å². The highest BCUT2D eigenvalue weighted by molar-refractivity contribution is 6.14. The number of nitrogen functional groups attached to an aromatic ring is 1. The lowest BCUT2D eigenvalue weighted by atomic mass is 9.91. The van der Waals surface area contributed by atoms with Crippen molar-refractivity contribution >= 4 is 23.3 Å². The van der Waals surface area contributed by atoms with Crippen LogP contribution >= 0.6 is 0 Å². The van der Waals surface area contributed by atoms with Crippen molar-refractivity contribution in [1.82, 2.24) is 15.1 Å². The molecule has 1 aliphatic carbocycles. The van der Waals surface area contributed by atoms with Crippen LogP contribution in [0.2, 0.25) is 0 Å². The zero-order chi connectivity index (χ0) is 21.6. The molecular weight excluding hydrogens is 368 g/mol. The SMILES string of the molecule is CN1CCN(C(=O)[C@@H]2[C@H](C(=O)NC(C)(C)C)[C@]2(C)C(=O)c2ccccc2N)CC1. The Labute approximate surface area is 172 Å². The summed E-state index contributed by atoms with van der Waals surface area (Å²) >= 11 is 0. The molecule has 1 aliphatic heterocycles. The van der Waals surface area contributed by atoms with E-state index in [0.29, 0.717) is 24.3 Å². The molecule has 0 bridgehead atoms. The molecule has 2 aliphatic rings. The van der Waals surface area contributed by atoms with Crippen LogP contribution in [0.15, 0.2) is 24.3 Å². The van der Waals surface area contributed by atoms with Crippen LogP contribution in [0.5, 0.6) is 0 Å². The van der Waals surface area contributed by atoms with Crippen LogP contribution < -0.4 is 11.1 Å². The summed E-state index contributed by atoms with van der Waals surface area (Å²) in [7, 11) is 2.02. The van der Waals surface area contributed by atoms with Crippen molar-refractivity contribution in [3.05, 3.63) is 29.8 Å². The topological polar surface area (TPSA) is 95.7 Å². The molecule has 1 aromatic rings. The van der Waals surface area contributed by atoms with Gasteiger partial charge in [0.1, 0.15) is 0 Å². The third-order valence-electron chi connectivity index (χ3n) is 6.07.